The minimum atomic E-state index is -0.121. The molecule has 0 aliphatic rings. The van der Waals surface area contributed by atoms with Crippen LogP contribution in [0.25, 0.3) is 27.6 Å². The minimum Gasteiger partial charge on any atom is -0.508 e. The molecule has 4 rings (SSSR count). The van der Waals surface area contributed by atoms with Gasteiger partial charge in [-0.15, -0.1) is 0 Å². The fourth-order valence-electron chi connectivity index (χ4n) is 2.97. The molecule has 0 aliphatic carbocycles. The lowest BCUT2D eigenvalue weighted by Crippen LogP contribution is -2.18. The third-order valence-electron chi connectivity index (χ3n) is 4.23. The molecule has 0 amide bonds. The molecule has 0 radical (unpaired) electrons. The van der Waals surface area contributed by atoms with Crippen LogP contribution in [0.15, 0.2) is 83.8 Å². The molecule has 1 heterocycles. The Morgan fingerprint density at radius 3 is 1.88 bits per heavy atom. The molecule has 0 saturated carbocycles. The van der Waals surface area contributed by atoms with Crippen molar-refractivity contribution in [1.82, 2.24) is 4.57 Å². The Morgan fingerprint density at radius 1 is 0.680 bits per heavy atom. The van der Waals surface area contributed by atoms with Gasteiger partial charge in [0, 0.05) is 22.8 Å². The van der Waals surface area contributed by atoms with Gasteiger partial charge in [0.15, 0.2) is 0 Å². The number of aromatic nitrogens is 1. The Kier molecular flexibility index (Phi) is 3.51. The molecule has 0 saturated heterocycles. The summed E-state index contributed by atoms with van der Waals surface area (Å²) >= 11 is 0. The van der Waals surface area contributed by atoms with Crippen LogP contribution in [0.2, 0.25) is 0 Å². The van der Waals surface area contributed by atoms with Gasteiger partial charge in [0.25, 0.3) is 5.56 Å². The molecule has 2 N–H and O–H groups in total. The van der Waals surface area contributed by atoms with Gasteiger partial charge in [0.05, 0.1) is 0 Å². The Morgan fingerprint density at radius 2 is 1.24 bits per heavy atom. The normalized spacial score (nSPS) is 10.9. The highest BCUT2D eigenvalue weighted by molar-refractivity contribution is 5.96. The SMILES string of the molecule is O=c1c2ccccc2c(-c2ccc(O)cc2)cn1-c1ccc(O)cc1. The van der Waals surface area contributed by atoms with Crippen LogP contribution < -0.4 is 5.56 Å². The fraction of sp³-hybridized carbons (Fsp3) is 0. The van der Waals surface area contributed by atoms with E-state index in [0.717, 1.165) is 16.5 Å². The molecule has 3 aromatic carbocycles. The first-order valence-corrected chi connectivity index (χ1v) is 7.87. The van der Waals surface area contributed by atoms with Gasteiger partial charge in [0.1, 0.15) is 11.5 Å². The van der Waals surface area contributed by atoms with E-state index in [-0.39, 0.29) is 17.1 Å². The number of nitrogens with zero attached hydrogens (tertiary/aromatic N) is 1. The quantitative estimate of drug-likeness (QED) is 0.583. The van der Waals surface area contributed by atoms with Crippen LogP contribution in [0.4, 0.5) is 0 Å². The molecule has 25 heavy (non-hydrogen) atoms. The largest absolute Gasteiger partial charge is 0.508 e. The van der Waals surface area contributed by atoms with Crippen LogP contribution >= 0.6 is 0 Å². The summed E-state index contributed by atoms with van der Waals surface area (Å²) in [6, 6.07) is 20.9. The Balaban J connectivity index is 2.05. The maximum atomic E-state index is 12.9. The van der Waals surface area contributed by atoms with Gasteiger partial charge in [-0.05, 0) is 53.4 Å². The summed E-state index contributed by atoms with van der Waals surface area (Å²) in [5, 5.41) is 20.5. The first-order chi connectivity index (χ1) is 12.1. The molecule has 0 atom stereocenters. The summed E-state index contributed by atoms with van der Waals surface area (Å²) in [7, 11) is 0. The number of hydrogen-bond acceptors (Lipinski definition) is 3. The van der Waals surface area contributed by atoms with E-state index in [1.54, 1.807) is 53.2 Å². The van der Waals surface area contributed by atoms with Gasteiger partial charge in [-0.2, -0.15) is 0 Å². The lowest BCUT2D eigenvalue weighted by atomic mass is 10.0. The third kappa shape index (κ3) is 2.64. The van der Waals surface area contributed by atoms with Crippen molar-refractivity contribution in [2.24, 2.45) is 0 Å². The molecule has 4 aromatic rings. The van der Waals surface area contributed by atoms with Crippen LogP contribution in [0.1, 0.15) is 0 Å². The molecular weight excluding hydrogens is 314 g/mol. The van der Waals surface area contributed by atoms with E-state index < -0.39 is 0 Å². The minimum absolute atomic E-state index is 0.121. The Labute approximate surface area is 143 Å². The average molecular weight is 329 g/mol. The summed E-state index contributed by atoms with van der Waals surface area (Å²) in [5.41, 5.74) is 2.35. The van der Waals surface area contributed by atoms with Crippen LogP contribution in [-0.4, -0.2) is 14.8 Å². The van der Waals surface area contributed by atoms with Crippen molar-refractivity contribution in [3.8, 4) is 28.3 Å². The van der Waals surface area contributed by atoms with Crippen LogP contribution in [0.3, 0.4) is 0 Å². The van der Waals surface area contributed by atoms with E-state index >= 15 is 0 Å². The number of phenols is 2. The van der Waals surface area contributed by atoms with Gasteiger partial charge in [-0.1, -0.05) is 30.3 Å². The second kappa shape index (κ2) is 5.83. The number of phenolic OH excluding ortho intramolecular Hbond substituents is 2. The molecule has 4 nitrogen and oxygen atoms in total. The van der Waals surface area contributed by atoms with Crippen molar-refractivity contribution in [1.29, 1.82) is 0 Å². The fourth-order valence-corrected chi connectivity index (χ4v) is 2.97. The maximum absolute atomic E-state index is 12.9. The van der Waals surface area contributed by atoms with E-state index in [0.29, 0.717) is 11.1 Å². The number of pyridine rings is 1. The molecule has 4 heteroatoms. The zero-order valence-corrected chi connectivity index (χ0v) is 13.3. The van der Waals surface area contributed by atoms with Crippen molar-refractivity contribution >= 4 is 10.8 Å². The molecule has 0 fully saturated rings. The molecular formula is C21H15NO3. The zero-order valence-electron chi connectivity index (χ0n) is 13.3. The molecule has 0 unspecified atom stereocenters. The lowest BCUT2D eigenvalue weighted by molar-refractivity contribution is 0.475. The van der Waals surface area contributed by atoms with Crippen molar-refractivity contribution in [3.63, 3.8) is 0 Å². The molecule has 0 aliphatic heterocycles. The standard InChI is InChI=1S/C21H15NO3/c23-16-9-5-14(6-10-16)20-13-22(15-7-11-17(24)12-8-15)21(25)19-4-2-1-3-18(19)20/h1-13,23-24H. The summed E-state index contributed by atoms with van der Waals surface area (Å²) in [5.74, 6) is 0.344. The second-order valence-electron chi connectivity index (χ2n) is 5.83. The number of hydrogen-bond donors (Lipinski definition) is 2. The van der Waals surface area contributed by atoms with E-state index in [1.807, 2.05) is 30.3 Å². The summed E-state index contributed by atoms with van der Waals surface area (Å²) in [6.07, 6.45) is 1.80. The van der Waals surface area contributed by atoms with Crippen molar-refractivity contribution in [3.05, 3.63) is 89.3 Å². The number of aromatic hydroxyl groups is 2. The summed E-state index contributed by atoms with van der Waals surface area (Å²) in [4.78, 5) is 12.9. The molecule has 0 bridgehead atoms. The van der Waals surface area contributed by atoms with Gasteiger partial charge < -0.3 is 10.2 Å². The number of benzene rings is 3. The van der Waals surface area contributed by atoms with Crippen LogP contribution in [0.5, 0.6) is 11.5 Å². The van der Waals surface area contributed by atoms with Gasteiger partial charge >= 0.3 is 0 Å². The van der Waals surface area contributed by atoms with E-state index in [2.05, 4.69) is 0 Å². The predicted octanol–water partition coefficient (Wildman–Crippen LogP) is 4.07. The Bertz CT molecular complexity index is 1110. The monoisotopic (exact) mass is 329 g/mol. The highest BCUT2D eigenvalue weighted by atomic mass is 16.3. The molecule has 122 valence electrons. The maximum Gasteiger partial charge on any atom is 0.262 e. The molecule has 0 spiro atoms. The third-order valence-corrected chi connectivity index (χ3v) is 4.23. The topological polar surface area (TPSA) is 62.5 Å². The van der Waals surface area contributed by atoms with E-state index in [1.165, 1.54) is 0 Å². The van der Waals surface area contributed by atoms with Gasteiger partial charge in [-0.25, -0.2) is 0 Å². The highest BCUT2D eigenvalue weighted by Crippen LogP contribution is 2.29. The second-order valence-corrected chi connectivity index (χ2v) is 5.83. The Hall–Kier alpha value is -3.53. The van der Waals surface area contributed by atoms with Gasteiger partial charge in [-0.3, -0.25) is 9.36 Å². The average Bonchev–Trinajstić information content (AvgIpc) is 2.64. The first kappa shape index (κ1) is 15.0. The lowest BCUT2D eigenvalue weighted by Gasteiger charge is -2.13. The summed E-state index contributed by atoms with van der Waals surface area (Å²) < 4.78 is 1.57. The smallest absolute Gasteiger partial charge is 0.262 e. The first-order valence-electron chi connectivity index (χ1n) is 7.87. The van der Waals surface area contributed by atoms with Gasteiger partial charge in [0.2, 0.25) is 0 Å². The highest BCUT2D eigenvalue weighted by Gasteiger charge is 2.11. The van der Waals surface area contributed by atoms with E-state index in [9.17, 15) is 15.0 Å². The van der Waals surface area contributed by atoms with Crippen LogP contribution in [0, 0.1) is 0 Å². The van der Waals surface area contributed by atoms with E-state index in [4.69, 9.17) is 0 Å². The molecule has 1 aromatic heterocycles. The van der Waals surface area contributed by atoms with Crippen molar-refractivity contribution in [2.45, 2.75) is 0 Å². The summed E-state index contributed by atoms with van der Waals surface area (Å²) in [6.45, 7) is 0. The zero-order chi connectivity index (χ0) is 17.4. The number of fused-ring (bicyclic) bond motifs is 1. The number of rotatable bonds is 2. The van der Waals surface area contributed by atoms with Crippen molar-refractivity contribution < 1.29 is 10.2 Å². The van der Waals surface area contributed by atoms with Crippen LogP contribution in [-0.2, 0) is 0 Å². The van der Waals surface area contributed by atoms with Crippen molar-refractivity contribution in [2.75, 3.05) is 0 Å². The predicted molar refractivity (Wildman–Crippen MR) is 98.3 cm³/mol.